The average molecular weight is 341 g/mol. The summed E-state index contributed by atoms with van der Waals surface area (Å²) in [7, 11) is 4.86. The molecule has 5 heteroatoms. The van der Waals surface area contributed by atoms with Crippen LogP contribution in [0.15, 0.2) is 36.4 Å². The highest BCUT2D eigenvalue weighted by Gasteiger charge is 2.29. The molecule has 0 unspecified atom stereocenters. The summed E-state index contributed by atoms with van der Waals surface area (Å²) in [6.07, 6.45) is 0.787. The van der Waals surface area contributed by atoms with Gasteiger partial charge in [-0.15, -0.1) is 0 Å². The molecule has 3 rings (SSSR count). The lowest BCUT2D eigenvalue weighted by Crippen LogP contribution is -2.38. The molecule has 1 amide bonds. The number of ether oxygens (including phenoxy) is 3. The van der Waals surface area contributed by atoms with Crippen LogP contribution in [0.4, 0.5) is 0 Å². The first-order chi connectivity index (χ1) is 12.1. The third-order valence-corrected chi connectivity index (χ3v) is 4.76. The highest BCUT2D eigenvalue weighted by molar-refractivity contribution is 5.95. The molecule has 1 heterocycles. The number of carbonyl (C=O) groups is 1. The fourth-order valence-corrected chi connectivity index (χ4v) is 3.34. The zero-order chi connectivity index (χ0) is 18.0. The molecule has 0 bridgehead atoms. The molecule has 1 aliphatic rings. The molecule has 0 saturated carbocycles. The molecule has 0 radical (unpaired) electrons. The van der Waals surface area contributed by atoms with Gasteiger partial charge >= 0.3 is 0 Å². The summed E-state index contributed by atoms with van der Waals surface area (Å²) < 4.78 is 16.0. The number of benzene rings is 2. The van der Waals surface area contributed by atoms with Gasteiger partial charge in [-0.1, -0.05) is 6.07 Å². The Morgan fingerprint density at radius 1 is 1.04 bits per heavy atom. The van der Waals surface area contributed by atoms with Crippen molar-refractivity contribution in [2.24, 2.45) is 0 Å². The van der Waals surface area contributed by atoms with E-state index >= 15 is 0 Å². The summed E-state index contributed by atoms with van der Waals surface area (Å²) in [5, 5.41) is 0. The van der Waals surface area contributed by atoms with Gasteiger partial charge in [0.05, 0.1) is 27.4 Å². The Morgan fingerprint density at radius 3 is 2.44 bits per heavy atom. The van der Waals surface area contributed by atoms with Gasteiger partial charge in [-0.05, 0) is 54.8 Å². The maximum Gasteiger partial charge on any atom is 0.254 e. The van der Waals surface area contributed by atoms with Crippen molar-refractivity contribution in [2.45, 2.75) is 19.4 Å². The van der Waals surface area contributed by atoms with E-state index in [1.807, 2.05) is 42.2 Å². The third kappa shape index (κ3) is 3.14. The molecule has 2 aromatic rings. The van der Waals surface area contributed by atoms with Crippen LogP contribution < -0.4 is 14.2 Å². The Bertz CT molecular complexity index is 787. The molecular weight excluding hydrogens is 318 g/mol. The Balaban J connectivity index is 1.92. The molecule has 0 saturated heterocycles. The zero-order valence-electron chi connectivity index (χ0n) is 15.0. The lowest BCUT2D eigenvalue weighted by molar-refractivity contribution is 0.0677. The Labute approximate surface area is 148 Å². The van der Waals surface area contributed by atoms with E-state index in [1.165, 1.54) is 5.56 Å². The standard InChI is InChI=1S/C20H23NO4/c1-13-17-12-19(25-4)18(24-3)11-14(17)8-9-21(13)20(22)15-6-5-7-16(10-15)23-2/h5-7,10-13H,8-9H2,1-4H3/t13-/m1/s1. The van der Waals surface area contributed by atoms with Crippen LogP contribution in [0.1, 0.15) is 34.5 Å². The first kappa shape index (κ1) is 17.1. The molecule has 1 atom stereocenters. The topological polar surface area (TPSA) is 48.0 Å². The summed E-state index contributed by atoms with van der Waals surface area (Å²) in [5.74, 6) is 2.10. The zero-order valence-corrected chi connectivity index (χ0v) is 15.0. The Kier molecular flexibility index (Phi) is 4.83. The van der Waals surface area contributed by atoms with Gasteiger partial charge < -0.3 is 19.1 Å². The van der Waals surface area contributed by atoms with Gasteiger partial charge in [-0.3, -0.25) is 4.79 Å². The molecule has 0 spiro atoms. The number of fused-ring (bicyclic) bond motifs is 1. The van der Waals surface area contributed by atoms with E-state index in [0.29, 0.717) is 23.6 Å². The summed E-state index contributed by atoms with van der Waals surface area (Å²) in [6, 6.07) is 11.2. The predicted molar refractivity (Wildman–Crippen MR) is 95.7 cm³/mol. The molecule has 0 N–H and O–H groups in total. The molecule has 0 fully saturated rings. The molecule has 132 valence electrons. The van der Waals surface area contributed by atoms with Crippen molar-refractivity contribution < 1.29 is 19.0 Å². The largest absolute Gasteiger partial charge is 0.497 e. The van der Waals surface area contributed by atoms with Crippen LogP contribution in [0.2, 0.25) is 0 Å². The number of carbonyl (C=O) groups excluding carboxylic acids is 1. The van der Waals surface area contributed by atoms with Crippen molar-refractivity contribution in [3.8, 4) is 17.2 Å². The highest BCUT2D eigenvalue weighted by atomic mass is 16.5. The predicted octanol–water partition coefficient (Wildman–Crippen LogP) is 3.47. The maximum absolute atomic E-state index is 13.0. The maximum atomic E-state index is 13.0. The first-order valence-corrected chi connectivity index (χ1v) is 8.28. The van der Waals surface area contributed by atoms with Gasteiger partial charge in [0.2, 0.25) is 0 Å². The molecule has 0 aliphatic carbocycles. The van der Waals surface area contributed by atoms with Crippen LogP contribution in [-0.2, 0) is 6.42 Å². The fraction of sp³-hybridized carbons (Fsp3) is 0.350. The number of nitrogens with zero attached hydrogens (tertiary/aromatic N) is 1. The second kappa shape index (κ2) is 7.05. The van der Waals surface area contributed by atoms with Crippen LogP contribution >= 0.6 is 0 Å². The van der Waals surface area contributed by atoms with E-state index in [0.717, 1.165) is 17.7 Å². The number of amides is 1. The molecular formula is C20H23NO4. The Morgan fingerprint density at radius 2 is 1.76 bits per heavy atom. The minimum absolute atomic E-state index is 0.00633. The van der Waals surface area contributed by atoms with Crippen LogP contribution in [-0.4, -0.2) is 38.7 Å². The van der Waals surface area contributed by atoms with Gasteiger partial charge in [0.15, 0.2) is 11.5 Å². The van der Waals surface area contributed by atoms with Crippen LogP contribution in [0, 0.1) is 0 Å². The molecule has 0 aromatic heterocycles. The Hall–Kier alpha value is -2.69. The van der Waals surface area contributed by atoms with Crippen LogP contribution in [0.3, 0.4) is 0 Å². The first-order valence-electron chi connectivity index (χ1n) is 8.28. The van der Waals surface area contributed by atoms with Crippen molar-refractivity contribution in [3.05, 3.63) is 53.1 Å². The summed E-state index contributed by atoms with van der Waals surface area (Å²) in [6.45, 7) is 2.71. The van der Waals surface area contributed by atoms with E-state index < -0.39 is 0 Å². The molecule has 2 aromatic carbocycles. The lowest BCUT2D eigenvalue weighted by Gasteiger charge is -2.36. The molecule has 25 heavy (non-hydrogen) atoms. The summed E-state index contributed by atoms with van der Waals surface area (Å²) in [5.41, 5.74) is 2.93. The second-order valence-electron chi connectivity index (χ2n) is 6.06. The quantitative estimate of drug-likeness (QED) is 0.854. The SMILES string of the molecule is COc1cccc(C(=O)N2CCc3cc(OC)c(OC)cc3[C@H]2C)c1. The summed E-state index contributed by atoms with van der Waals surface area (Å²) >= 11 is 0. The smallest absolute Gasteiger partial charge is 0.254 e. The fourth-order valence-electron chi connectivity index (χ4n) is 3.34. The second-order valence-corrected chi connectivity index (χ2v) is 6.06. The van der Waals surface area contributed by atoms with Crippen molar-refractivity contribution in [3.63, 3.8) is 0 Å². The average Bonchev–Trinajstić information content (AvgIpc) is 2.66. The van der Waals surface area contributed by atoms with Gasteiger partial charge in [0, 0.05) is 12.1 Å². The van der Waals surface area contributed by atoms with Crippen molar-refractivity contribution in [1.29, 1.82) is 0 Å². The number of hydrogen-bond acceptors (Lipinski definition) is 4. The van der Waals surface area contributed by atoms with Gasteiger partial charge in [0.25, 0.3) is 5.91 Å². The highest BCUT2D eigenvalue weighted by Crippen LogP contribution is 2.38. The molecule has 5 nitrogen and oxygen atoms in total. The number of methoxy groups -OCH3 is 3. The monoisotopic (exact) mass is 341 g/mol. The minimum atomic E-state index is -0.0396. The molecule has 1 aliphatic heterocycles. The minimum Gasteiger partial charge on any atom is -0.497 e. The summed E-state index contributed by atoms with van der Waals surface area (Å²) in [4.78, 5) is 14.9. The van der Waals surface area contributed by atoms with Crippen molar-refractivity contribution in [2.75, 3.05) is 27.9 Å². The third-order valence-electron chi connectivity index (χ3n) is 4.76. The van der Waals surface area contributed by atoms with Gasteiger partial charge in [-0.2, -0.15) is 0 Å². The van der Waals surface area contributed by atoms with Crippen molar-refractivity contribution >= 4 is 5.91 Å². The van der Waals surface area contributed by atoms with E-state index in [4.69, 9.17) is 14.2 Å². The van der Waals surface area contributed by atoms with Gasteiger partial charge in [0.1, 0.15) is 5.75 Å². The van der Waals surface area contributed by atoms with Crippen molar-refractivity contribution in [1.82, 2.24) is 4.90 Å². The number of rotatable bonds is 4. The lowest BCUT2D eigenvalue weighted by atomic mass is 9.92. The van der Waals surface area contributed by atoms with Crippen LogP contribution in [0.5, 0.6) is 17.2 Å². The van der Waals surface area contributed by atoms with Crippen LogP contribution in [0.25, 0.3) is 0 Å². The van der Waals surface area contributed by atoms with E-state index in [-0.39, 0.29) is 11.9 Å². The van der Waals surface area contributed by atoms with Gasteiger partial charge in [-0.25, -0.2) is 0 Å². The van der Waals surface area contributed by atoms with E-state index in [2.05, 4.69) is 0 Å². The van der Waals surface area contributed by atoms with E-state index in [1.54, 1.807) is 27.4 Å². The number of hydrogen-bond donors (Lipinski definition) is 0. The normalized spacial score (nSPS) is 16.2. The van der Waals surface area contributed by atoms with E-state index in [9.17, 15) is 4.79 Å².